The fraction of sp³-hybridized carbons (Fsp3) is 0.560. The molecule has 1 aromatic carbocycles. The third kappa shape index (κ3) is 3.71. The minimum atomic E-state index is -0.484. The maximum atomic E-state index is 14.1. The van der Waals surface area contributed by atoms with Crippen LogP contribution in [0.3, 0.4) is 0 Å². The number of nitrogens with two attached hydrogens (primary N) is 1. The second-order valence-corrected chi connectivity index (χ2v) is 10.3. The molecule has 34 heavy (non-hydrogen) atoms. The molecular formula is C25H31FN6O2. The van der Waals surface area contributed by atoms with E-state index in [2.05, 4.69) is 15.2 Å². The number of rotatable bonds is 5. The summed E-state index contributed by atoms with van der Waals surface area (Å²) in [5, 5.41) is 13.5. The Balaban J connectivity index is 1.32. The van der Waals surface area contributed by atoms with Crippen molar-refractivity contribution < 1.29 is 14.3 Å². The molecule has 2 aliphatic carbocycles. The number of fused-ring (bicyclic) bond motifs is 2. The molecule has 1 unspecified atom stereocenters. The molecule has 1 atom stereocenters. The molecule has 9 heteroatoms. The Morgan fingerprint density at radius 1 is 1.21 bits per heavy atom. The number of amides is 1. The van der Waals surface area contributed by atoms with Crippen LogP contribution in [-0.4, -0.2) is 52.3 Å². The highest BCUT2D eigenvalue weighted by Gasteiger charge is 2.59. The van der Waals surface area contributed by atoms with Crippen molar-refractivity contribution in [3.8, 4) is 0 Å². The molecule has 0 radical (unpaired) electrons. The largest absolute Gasteiger partial charge is 0.393 e. The van der Waals surface area contributed by atoms with Crippen LogP contribution in [-0.2, 0) is 16.8 Å². The zero-order valence-electron chi connectivity index (χ0n) is 19.2. The first kappa shape index (κ1) is 21.7. The van der Waals surface area contributed by atoms with Gasteiger partial charge in [0.05, 0.1) is 23.8 Å². The van der Waals surface area contributed by atoms with Gasteiger partial charge in [-0.1, -0.05) is 6.07 Å². The van der Waals surface area contributed by atoms with E-state index in [-0.39, 0.29) is 36.5 Å². The number of aromatic nitrogens is 2. The van der Waals surface area contributed by atoms with E-state index in [9.17, 15) is 14.3 Å². The zero-order chi connectivity index (χ0) is 23.4. The number of carbonyl (C=O) groups is 1. The number of hydrogen-bond acceptors (Lipinski definition) is 7. The molecule has 1 spiro atoms. The quantitative estimate of drug-likeness (QED) is 0.621. The van der Waals surface area contributed by atoms with E-state index in [4.69, 9.17) is 10.7 Å². The van der Waals surface area contributed by atoms with Gasteiger partial charge in [0, 0.05) is 36.9 Å². The lowest BCUT2D eigenvalue weighted by molar-refractivity contribution is -0.120. The van der Waals surface area contributed by atoms with E-state index in [1.165, 1.54) is 12.1 Å². The van der Waals surface area contributed by atoms with Crippen molar-refractivity contribution in [2.75, 3.05) is 28.2 Å². The number of aliphatic hydroxyl groups excluding tert-OH is 1. The molecular weight excluding hydrogens is 435 g/mol. The normalized spacial score (nSPS) is 27.4. The molecule has 0 bridgehead atoms. The van der Waals surface area contributed by atoms with Gasteiger partial charge < -0.3 is 26.0 Å². The first-order chi connectivity index (χ1) is 16.4. The summed E-state index contributed by atoms with van der Waals surface area (Å²) in [5.74, 6) is 1.03. The lowest BCUT2D eigenvalue weighted by atomic mass is 9.93. The van der Waals surface area contributed by atoms with Crippen LogP contribution in [0.1, 0.15) is 56.1 Å². The Labute approximate surface area is 198 Å². The molecule has 3 heterocycles. The third-order valence-electron chi connectivity index (χ3n) is 7.90. The average Bonchev–Trinajstić information content (AvgIpc) is 3.47. The van der Waals surface area contributed by atoms with Crippen LogP contribution in [0.4, 0.5) is 21.8 Å². The number of carbonyl (C=O) groups excluding carboxylic acids is 1. The Hall–Kier alpha value is -2.78. The lowest BCUT2D eigenvalue weighted by Crippen LogP contribution is -2.33. The van der Waals surface area contributed by atoms with Crippen molar-refractivity contribution in [1.29, 1.82) is 0 Å². The van der Waals surface area contributed by atoms with Crippen LogP contribution in [0.15, 0.2) is 24.4 Å². The molecule has 4 N–H and O–H groups in total. The van der Waals surface area contributed by atoms with Gasteiger partial charge in [0.1, 0.15) is 11.6 Å². The molecule has 2 aliphatic heterocycles. The first-order valence-corrected chi connectivity index (χ1v) is 12.4. The fourth-order valence-corrected chi connectivity index (χ4v) is 5.72. The van der Waals surface area contributed by atoms with Gasteiger partial charge in [-0.2, -0.15) is 4.98 Å². The van der Waals surface area contributed by atoms with Gasteiger partial charge in [0.15, 0.2) is 0 Å². The molecule has 6 rings (SSSR count). The molecule has 1 saturated heterocycles. The van der Waals surface area contributed by atoms with Gasteiger partial charge >= 0.3 is 0 Å². The van der Waals surface area contributed by atoms with Gasteiger partial charge in [0.2, 0.25) is 11.9 Å². The van der Waals surface area contributed by atoms with E-state index in [0.717, 1.165) is 62.6 Å². The minimum absolute atomic E-state index is 0.0365. The van der Waals surface area contributed by atoms with Crippen LogP contribution >= 0.6 is 0 Å². The summed E-state index contributed by atoms with van der Waals surface area (Å²) in [6.07, 6.45) is 7.28. The third-order valence-corrected chi connectivity index (χ3v) is 7.90. The Kier molecular flexibility index (Phi) is 5.22. The summed E-state index contributed by atoms with van der Waals surface area (Å²) in [5.41, 5.74) is 8.00. The van der Waals surface area contributed by atoms with Crippen molar-refractivity contribution in [2.45, 2.75) is 75.1 Å². The lowest BCUT2D eigenvalue weighted by Gasteiger charge is -2.28. The predicted molar refractivity (Wildman–Crippen MR) is 127 cm³/mol. The summed E-state index contributed by atoms with van der Waals surface area (Å²) >= 11 is 0. The number of halogens is 1. The van der Waals surface area contributed by atoms with Crippen molar-refractivity contribution in [1.82, 2.24) is 9.97 Å². The van der Waals surface area contributed by atoms with Crippen molar-refractivity contribution >= 4 is 23.4 Å². The van der Waals surface area contributed by atoms with Crippen molar-refractivity contribution in [3.05, 3.63) is 41.3 Å². The summed E-state index contributed by atoms with van der Waals surface area (Å²) in [4.78, 5) is 26.7. The fourth-order valence-electron chi connectivity index (χ4n) is 5.72. The van der Waals surface area contributed by atoms with E-state index in [1.54, 1.807) is 17.2 Å². The molecule has 2 saturated carbocycles. The standard InChI is InChI=1S/C25H31FN6O2/c26-16-1-6-20-21(11-16)32(23(34)25(20)8-9-25)13-15-12-28-24(31-10-7-17(27)14-31)30-22(15)29-18-2-4-19(33)5-3-18/h1,6,11-12,17-19,33H,2-5,7-10,13-14,27H2,(H,28,29,30). The molecule has 2 aromatic rings. The van der Waals surface area contributed by atoms with E-state index < -0.39 is 5.41 Å². The molecule has 180 valence electrons. The highest BCUT2D eigenvalue weighted by atomic mass is 19.1. The van der Waals surface area contributed by atoms with Crippen LogP contribution in [0.25, 0.3) is 0 Å². The average molecular weight is 467 g/mol. The molecule has 8 nitrogen and oxygen atoms in total. The van der Waals surface area contributed by atoms with Crippen LogP contribution in [0, 0.1) is 5.82 Å². The van der Waals surface area contributed by atoms with Gasteiger partial charge in [-0.3, -0.25) is 4.79 Å². The van der Waals surface area contributed by atoms with E-state index in [1.807, 2.05) is 0 Å². The molecule has 3 fully saturated rings. The number of benzene rings is 1. The van der Waals surface area contributed by atoms with Crippen LogP contribution in [0.5, 0.6) is 0 Å². The van der Waals surface area contributed by atoms with Gasteiger partial charge in [-0.05, 0) is 62.6 Å². The topological polar surface area (TPSA) is 108 Å². The summed E-state index contributed by atoms with van der Waals surface area (Å²) in [6.45, 7) is 1.82. The molecule has 1 aromatic heterocycles. The number of nitrogens with one attached hydrogen (secondary N) is 1. The zero-order valence-corrected chi connectivity index (χ0v) is 19.2. The van der Waals surface area contributed by atoms with Crippen LogP contribution < -0.4 is 20.9 Å². The van der Waals surface area contributed by atoms with Crippen LogP contribution in [0.2, 0.25) is 0 Å². The van der Waals surface area contributed by atoms with E-state index in [0.29, 0.717) is 24.0 Å². The van der Waals surface area contributed by atoms with Crippen molar-refractivity contribution in [3.63, 3.8) is 0 Å². The summed E-state index contributed by atoms with van der Waals surface area (Å²) in [7, 11) is 0. The van der Waals surface area contributed by atoms with Gasteiger partial charge in [-0.25, -0.2) is 9.37 Å². The number of hydrogen-bond donors (Lipinski definition) is 3. The summed E-state index contributed by atoms with van der Waals surface area (Å²) in [6, 6.07) is 4.98. The maximum absolute atomic E-state index is 14.1. The second kappa shape index (κ2) is 8.16. The van der Waals surface area contributed by atoms with Gasteiger partial charge in [-0.15, -0.1) is 0 Å². The molecule has 4 aliphatic rings. The predicted octanol–water partition coefficient (Wildman–Crippen LogP) is 2.45. The Bertz CT molecular complexity index is 1110. The Morgan fingerprint density at radius 2 is 2.00 bits per heavy atom. The highest BCUT2D eigenvalue weighted by molar-refractivity contribution is 6.10. The Morgan fingerprint density at radius 3 is 2.71 bits per heavy atom. The van der Waals surface area contributed by atoms with E-state index >= 15 is 0 Å². The summed E-state index contributed by atoms with van der Waals surface area (Å²) < 4.78 is 14.1. The first-order valence-electron chi connectivity index (χ1n) is 12.4. The smallest absolute Gasteiger partial charge is 0.238 e. The van der Waals surface area contributed by atoms with Gasteiger partial charge in [0.25, 0.3) is 0 Å². The number of aliphatic hydroxyl groups is 1. The second-order valence-electron chi connectivity index (χ2n) is 10.3. The molecule has 1 amide bonds. The number of anilines is 3. The SMILES string of the molecule is NC1CCN(c2ncc(CN3C(=O)C4(CC4)c4ccc(F)cc43)c(NC3CCC(O)CC3)n2)C1. The number of nitrogens with zero attached hydrogens (tertiary/aromatic N) is 4. The van der Waals surface area contributed by atoms with Crippen molar-refractivity contribution in [2.24, 2.45) is 5.73 Å². The monoisotopic (exact) mass is 466 g/mol. The minimum Gasteiger partial charge on any atom is -0.393 e. The maximum Gasteiger partial charge on any atom is 0.238 e. The highest BCUT2D eigenvalue weighted by Crippen LogP contribution is 2.57.